The van der Waals surface area contributed by atoms with Crippen LogP contribution in [-0.2, 0) is 9.59 Å². The van der Waals surface area contributed by atoms with E-state index in [9.17, 15) is 9.59 Å². The molecule has 1 saturated heterocycles. The fourth-order valence-corrected chi connectivity index (χ4v) is 2.76. The number of amides is 2. The Balaban J connectivity index is 1.87. The predicted octanol–water partition coefficient (Wildman–Crippen LogP) is 2.48. The van der Waals surface area contributed by atoms with Crippen molar-refractivity contribution in [1.82, 2.24) is 4.90 Å². The van der Waals surface area contributed by atoms with E-state index < -0.39 is 0 Å². The van der Waals surface area contributed by atoms with E-state index in [1.54, 1.807) is 4.90 Å². The number of carbonyl (C=O) groups excluding carboxylic acids is 2. The normalized spacial score (nSPS) is 14.0. The van der Waals surface area contributed by atoms with Gasteiger partial charge in [0.15, 0.2) is 0 Å². The minimum absolute atomic E-state index is 0.102. The molecule has 2 rings (SSSR count). The molecule has 120 valence electrons. The van der Waals surface area contributed by atoms with E-state index in [2.05, 4.69) is 10.2 Å². The Labute approximate surface area is 132 Å². The van der Waals surface area contributed by atoms with Crippen LogP contribution >= 0.6 is 0 Å². The Bertz CT molecular complexity index is 503. The molecule has 1 aromatic carbocycles. The van der Waals surface area contributed by atoms with Crippen molar-refractivity contribution in [2.75, 3.05) is 36.4 Å². The summed E-state index contributed by atoms with van der Waals surface area (Å²) in [6, 6.07) is 7.83. The van der Waals surface area contributed by atoms with Crippen molar-refractivity contribution in [3.8, 4) is 0 Å². The third-order valence-corrected chi connectivity index (χ3v) is 4.05. The van der Waals surface area contributed by atoms with E-state index in [4.69, 9.17) is 0 Å². The SMILES string of the molecule is CCN(CC)C(=O)CC(=O)Nc1ccc(N2CCCC2)cc1. The first kappa shape index (κ1) is 16.3. The molecule has 1 N–H and O–H groups in total. The second kappa shape index (κ2) is 7.82. The molecule has 2 amide bonds. The van der Waals surface area contributed by atoms with Crippen molar-refractivity contribution in [3.05, 3.63) is 24.3 Å². The lowest BCUT2D eigenvalue weighted by atomic mass is 10.2. The molecular weight excluding hydrogens is 278 g/mol. The molecule has 0 spiro atoms. The van der Waals surface area contributed by atoms with Crippen LogP contribution < -0.4 is 10.2 Å². The minimum Gasteiger partial charge on any atom is -0.372 e. The molecule has 1 aliphatic rings. The molecule has 22 heavy (non-hydrogen) atoms. The molecule has 0 saturated carbocycles. The van der Waals surface area contributed by atoms with Gasteiger partial charge in [0.25, 0.3) is 0 Å². The van der Waals surface area contributed by atoms with Crippen LogP contribution in [-0.4, -0.2) is 42.9 Å². The fourth-order valence-electron chi connectivity index (χ4n) is 2.76. The Morgan fingerprint density at radius 3 is 2.23 bits per heavy atom. The summed E-state index contributed by atoms with van der Waals surface area (Å²) in [4.78, 5) is 27.8. The summed E-state index contributed by atoms with van der Waals surface area (Å²) in [6.45, 7) is 7.29. The number of hydrogen-bond donors (Lipinski definition) is 1. The summed E-state index contributed by atoms with van der Waals surface area (Å²) in [6.07, 6.45) is 2.38. The minimum atomic E-state index is -0.258. The zero-order valence-electron chi connectivity index (χ0n) is 13.5. The second-order valence-electron chi connectivity index (χ2n) is 5.53. The summed E-state index contributed by atoms with van der Waals surface area (Å²) in [7, 11) is 0. The number of anilines is 2. The molecule has 0 radical (unpaired) electrons. The molecule has 5 heteroatoms. The first-order valence-corrected chi connectivity index (χ1v) is 8.06. The predicted molar refractivity (Wildman–Crippen MR) is 89.1 cm³/mol. The Morgan fingerprint density at radius 1 is 1.09 bits per heavy atom. The maximum atomic E-state index is 11.9. The molecule has 1 heterocycles. The molecule has 0 aliphatic carbocycles. The maximum Gasteiger partial charge on any atom is 0.233 e. The largest absolute Gasteiger partial charge is 0.372 e. The van der Waals surface area contributed by atoms with Gasteiger partial charge >= 0.3 is 0 Å². The summed E-state index contributed by atoms with van der Waals surface area (Å²) in [5.41, 5.74) is 1.93. The average molecular weight is 303 g/mol. The third-order valence-electron chi connectivity index (χ3n) is 4.05. The second-order valence-corrected chi connectivity index (χ2v) is 5.53. The molecule has 0 aromatic heterocycles. The van der Waals surface area contributed by atoms with E-state index in [1.165, 1.54) is 18.5 Å². The first-order chi connectivity index (χ1) is 10.6. The highest BCUT2D eigenvalue weighted by atomic mass is 16.2. The smallest absolute Gasteiger partial charge is 0.233 e. The molecule has 0 atom stereocenters. The highest BCUT2D eigenvalue weighted by molar-refractivity contribution is 6.03. The zero-order chi connectivity index (χ0) is 15.9. The molecule has 1 aromatic rings. The third kappa shape index (κ3) is 4.23. The quantitative estimate of drug-likeness (QED) is 0.822. The van der Waals surface area contributed by atoms with Crippen LogP contribution in [0.3, 0.4) is 0 Å². The van der Waals surface area contributed by atoms with E-state index in [0.717, 1.165) is 18.8 Å². The van der Waals surface area contributed by atoms with Crippen molar-refractivity contribution in [2.24, 2.45) is 0 Å². The first-order valence-electron chi connectivity index (χ1n) is 8.06. The van der Waals surface area contributed by atoms with Gasteiger partial charge in [0, 0.05) is 37.6 Å². The average Bonchev–Trinajstić information content (AvgIpc) is 3.03. The van der Waals surface area contributed by atoms with Gasteiger partial charge in [0.1, 0.15) is 6.42 Å². The fraction of sp³-hybridized carbons (Fsp3) is 0.529. The number of nitrogens with one attached hydrogen (secondary N) is 1. The van der Waals surface area contributed by atoms with Gasteiger partial charge < -0.3 is 15.1 Å². The van der Waals surface area contributed by atoms with E-state index >= 15 is 0 Å². The lowest BCUT2D eigenvalue weighted by Gasteiger charge is -2.19. The van der Waals surface area contributed by atoms with Gasteiger partial charge in [-0.15, -0.1) is 0 Å². The van der Waals surface area contributed by atoms with E-state index in [-0.39, 0.29) is 18.2 Å². The van der Waals surface area contributed by atoms with Crippen molar-refractivity contribution >= 4 is 23.2 Å². The summed E-state index contributed by atoms with van der Waals surface area (Å²) >= 11 is 0. The standard InChI is InChI=1S/C17H25N3O2/c1-3-19(4-2)17(22)13-16(21)18-14-7-9-15(10-8-14)20-11-5-6-12-20/h7-10H,3-6,11-13H2,1-2H3,(H,18,21). The maximum absolute atomic E-state index is 11.9. The Hall–Kier alpha value is -2.04. The summed E-state index contributed by atoms with van der Waals surface area (Å²) in [5, 5.41) is 2.79. The number of carbonyl (C=O) groups is 2. The number of rotatable bonds is 6. The van der Waals surface area contributed by atoms with Crippen LogP contribution in [0.2, 0.25) is 0 Å². The van der Waals surface area contributed by atoms with Crippen molar-refractivity contribution in [2.45, 2.75) is 33.1 Å². The summed E-state index contributed by atoms with van der Waals surface area (Å²) in [5.74, 6) is -0.387. The van der Waals surface area contributed by atoms with Crippen LogP contribution in [0.15, 0.2) is 24.3 Å². The molecule has 5 nitrogen and oxygen atoms in total. The number of benzene rings is 1. The van der Waals surface area contributed by atoms with Crippen LogP contribution in [0, 0.1) is 0 Å². The van der Waals surface area contributed by atoms with Crippen molar-refractivity contribution in [1.29, 1.82) is 0 Å². The van der Waals surface area contributed by atoms with Crippen LogP contribution in [0.4, 0.5) is 11.4 Å². The van der Waals surface area contributed by atoms with Gasteiger partial charge in [-0.1, -0.05) is 0 Å². The van der Waals surface area contributed by atoms with E-state index in [1.807, 2.05) is 38.1 Å². The van der Waals surface area contributed by atoms with Gasteiger partial charge in [-0.25, -0.2) is 0 Å². The van der Waals surface area contributed by atoms with Crippen LogP contribution in [0.1, 0.15) is 33.1 Å². The number of hydrogen-bond acceptors (Lipinski definition) is 3. The Morgan fingerprint density at radius 2 is 1.68 bits per heavy atom. The Kier molecular flexibility index (Phi) is 5.81. The molecule has 1 aliphatic heterocycles. The molecule has 0 bridgehead atoms. The molecule has 0 unspecified atom stereocenters. The van der Waals surface area contributed by atoms with Crippen molar-refractivity contribution < 1.29 is 9.59 Å². The molecule has 1 fully saturated rings. The van der Waals surface area contributed by atoms with Gasteiger partial charge in [-0.3, -0.25) is 9.59 Å². The van der Waals surface area contributed by atoms with Gasteiger partial charge in [-0.2, -0.15) is 0 Å². The van der Waals surface area contributed by atoms with Gasteiger partial charge in [-0.05, 0) is 51.0 Å². The highest BCUT2D eigenvalue weighted by Crippen LogP contribution is 2.22. The lowest BCUT2D eigenvalue weighted by molar-refractivity contribution is -0.134. The number of nitrogens with zero attached hydrogens (tertiary/aromatic N) is 2. The topological polar surface area (TPSA) is 52.7 Å². The zero-order valence-corrected chi connectivity index (χ0v) is 13.5. The van der Waals surface area contributed by atoms with Gasteiger partial charge in [0.2, 0.25) is 11.8 Å². The van der Waals surface area contributed by atoms with E-state index in [0.29, 0.717) is 13.1 Å². The monoisotopic (exact) mass is 303 g/mol. The van der Waals surface area contributed by atoms with Gasteiger partial charge in [0.05, 0.1) is 0 Å². The lowest BCUT2D eigenvalue weighted by Crippen LogP contribution is -2.33. The highest BCUT2D eigenvalue weighted by Gasteiger charge is 2.15. The van der Waals surface area contributed by atoms with Crippen LogP contribution in [0.5, 0.6) is 0 Å². The molecular formula is C17H25N3O2. The van der Waals surface area contributed by atoms with Crippen molar-refractivity contribution in [3.63, 3.8) is 0 Å². The van der Waals surface area contributed by atoms with Crippen LogP contribution in [0.25, 0.3) is 0 Å². The summed E-state index contributed by atoms with van der Waals surface area (Å²) < 4.78 is 0.